The Kier molecular flexibility index (Phi) is 5.41. The number of hydrogen-bond acceptors (Lipinski definition) is 6. The monoisotopic (exact) mass is 366 g/mol. The number of aromatic nitrogens is 1. The molecule has 0 bridgehead atoms. The van der Waals surface area contributed by atoms with Crippen LogP contribution in [0.3, 0.4) is 0 Å². The molecule has 0 fully saturated rings. The van der Waals surface area contributed by atoms with Crippen molar-refractivity contribution in [1.82, 2.24) is 10.3 Å². The molecule has 4 N–H and O–H groups in total. The summed E-state index contributed by atoms with van der Waals surface area (Å²) in [4.78, 5) is 16.1. The zero-order valence-corrected chi connectivity index (χ0v) is 14.3. The number of ether oxygens (including phenoxy) is 1. The van der Waals surface area contributed by atoms with Gasteiger partial charge in [-0.1, -0.05) is 12.1 Å². The largest absolute Gasteiger partial charge is 0.508 e. The number of hydrogen-bond donors (Lipinski definition) is 4. The Morgan fingerprint density at radius 1 is 1.00 bits per heavy atom. The Morgan fingerprint density at radius 2 is 1.70 bits per heavy atom. The van der Waals surface area contributed by atoms with Crippen LogP contribution < -0.4 is 10.1 Å². The molecule has 7 nitrogen and oxygen atoms in total. The molecule has 1 aromatic heterocycles. The Labute approximate surface area is 155 Å². The molecule has 3 rings (SSSR count). The second kappa shape index (κ2) is 8.09. The molecule has 138 valence electrons. The van der Waals surface area contributed by atoms with Crippen LogP contribution in [-0.4, -0.2) is 32.8 Å². The molecule has 0 saturated carbocycles. The number of nitrogens with one attached hydrogen (secondary N) is 1. The van der Waals surface area contributed by atoms with Crippen LogP contribution in [0.25, 0.3) is 0 Å². The molecule has 1 amide bonds. The summed E-state index contributed by atoms with van der Waals surface area (Å²) in [6, 6.07) is 13.0. The summed E-state index contributed by atoms with van der Waals surface area (Å²) in [6.07, 6.45) is 3.85. The van der Waals surface area contributed by atoms with Crippen molar-refractivity contribution in [3.05, 3.63) is 72.1 Å². The topological polar surface area (TPSA) is 112 Å². The summed E-state index contributed by atoms with van der Waals surface area (Å²) in [5.41, 5.74) is 0.709. The van der Waals surface area contributed by atoms with E-state index in [1.807, 2.05) is 30.3 Å². The first-order chi connectivity index (χ1) is 13.0. The maximum Gasteiger partial charge on any atom is 0.258 e. The molecule has 2 aromatic carbocycles. The Hall–Kier alpha value is -3.74. The van der Waals surface area contributed by atoms with E-state index in [1.54, 1.807) is 18.5 Å². The van der Waals surface area contributed by atoms with E-state index in [1.165, 1.54) is 0 Å². The van der Waals surface area contributed by atoms with E-state index in [0.29, 0.717) is 24.5 Å². The number of amides is 1. The molecule has 0 atom stereocenters. The van der Waals surface area contributed by atoms with Gasteiger partial charge >= 0.3 is 0 Å². The van der Waals surface area contributed by atoms with Gasteiger partial charge in [0.2, 0.25) is 0 Å². The van der Waals surface area contributed by atoms with Gasteiger partial charge in [-0.2, -0.15) is 0 Å². The first-order valence-corrected chi connectivity index (χ1v) is 8.23. The highest BCUT2D eigenvalue weighted by atomic mass is 16.5. The third-order valence-corrected chi connectivity index (χ3v) is 3.80. The van der Waals surface area contributed by atoms with Crippen LogP contribution in [0.5, 0.6) is 28.7 Å². The molecule has 1 heterocycles. The lowest BCUT2D eigenvalue weighted by Crippen LogP contribution is -2.25. The van der Waals surface area contributed by atoms with Crippen LogP contribution in [0.15, 0.2) is 60.9 Å². The fourth-order valence-electron chi connectivity index (χ4n) is 2.51. The van der Waals surface area contributed by atoms with Crippen LogP contribution in [0.2, 0.25) is 0 Å². The minimum atomic E-state index is -0.624. The van der Waals surface area contributed by atoms with Crippen LogP contribution >= 0.6 is 0 Å². The molecular formula is C20H18N2O5. The molecule has 0 radical (unpaired) electrons. The minimum absolute atomic E-state index is 0.270. The summed E-state index contributed by atoms with van der Waals surface area (Å²) in [5.74, 6) is -0.596. The van der Waals surface area contributed by atoms with E-state index < -0.39 is 17.4 Å². The van der Waals surface area contributed by atoms with Crippen molar-refractivity contribution in [2.24, 2.45) is 0 Å². The normalized spacial score (nSPS) is 10.4. The number of phenols is 3. The minimum Gasteiger partial charge on any atom is -0.508 e. The van der Waals surface area contributed by atoms with Crippen molar-refractivity contribution < 1.29 is 24.9 Å². The molecule has 0 spiro atoms. The van der Waals surface area contributed by atoms with Gasteiger partial charge in [-0.05, 0) is 36.2 Å². The van der Waals surface area contributed by atoms with Gasteiger partial charge in [-0.25, -0.2) is 0 Å². The second-order valence-electron chi connectivity index (χ2n) is 5.80. The number of phenolic OH excluding ortho intramolecular Hbond substituents is 3. The number of pyridine rings is 1. The summed E-state index contributed by atoms with van der Waals surface area (Å²) in [5, 5.41) is 31.3. The average molecular weight is 366 g/mol. The summed E-state index contributed by atoms with van der Waals surface area (Å²) in [7, 11) is 0. The predicted molar refractivity (Wildman–Crippen MR) is 98.2 cm³/mol. The van der Waals surface area contributed by atoms with E-state index in [0.717, 1.165) is 17.7 Å². The number of carbonyl (C=O) groups is 1. The first-order valence-electron chi connectivity index (χ1n) is 8.23. The third-order valence-electron chi connectivity index (χ3n) is 3.80. The highest BCUT2D eigenvalue weighted by molar-refractivity contribution is 5.99. The number of carbonyl (C=O) groups excluding carboxylic acids is 1. The second-order valence-corrected chi connectivity index (χ2v) is 5.80. The predicted octanol–water partition coefficient (Wildman–Crippen LogP) is 2.96. The number of benzene rings is 2. The first kappa shape index (κ1) is 18.1. The van der Waals surface area contributed by atoms with Gasteiger partial charge in [0.15, 0.2) is 0 Å². The molecular weight excluding hydrogens is 348 g/mol. The van der Waals surface area contributed by atoms with Crippen LogP contribution in [0.1, 0.15) is 15.9 Å². The van der Waals surface area contributed by atoms with Gasteiger partial charge in [0.05, 0.1) is 6.20 Å². The van der Waals surface area contributed by atoms with Crippen molar-refractivity contribution in [3.63, 3.8) is 0 Å². The number of rotatable bonds is 6. The Bertz CT molecular complexity index is 904. The molecule has 0 aliphatic heterocycles. The van der Waals surface area contributed by atoms with Crippen molar-refractivity contribution in [1.29, 1.82) is 0 Å². The summed E-state index contributed by atoms with van der Waals surface area (Å²) < 4.78 is 5.66. The quantitative estimate of drug-likeness (QED) is 0.534. The average Bonchev–Trinajstić information content (AvgIpc) is 2.63. The van der Waals surface area contributed by atoms with Gasteiger partial charge < -0.3 is 25.4 Å². The standard InChI is InChI=1S/C20H18N2O5/c23-14-10-17(24)19(18(25)11-14)20(26)22-9-7-13-3-5-15(6-4-13)27-16-2-1-8-21-12-16/h1-6,8,10-12,23-25H,7,9H2,(H,22,26). The van der Waals surface area contributed by atoms with Crippen LogP contribution in [0, 0.1) is 0 Å². The van der Waals surface area contributed by atoms with Crippen molar-refractivity contribution in [3.8, 4) is 28.7 Å². The van der Waals surface area contributed by atoms with Gasteiger partial charge in [0.25, 0.3) is 5.91 Å². The van der Waals surface area contributed by atoms with Crippen molar-refractivity contribution in [2.45, 2.75) is 6.42 Å². The van der Waals surface area contributed by atoms with E-state index in [9.17, 15) is 20.1 Å². The Morgan fingerprint density at radius 3 is 2.33 bits per heavy atom. The third kappa shape index (κ3) is 4.66. The number of aromatic hydroxyl groups is 3. The fourth-order valence-corrected chi connectivity index (χ4v) is 2.51. The Balaban J connectivity index is 1.54. The van der Waals surface area contributed by atoms with E-state index in [2.05, 4.69) is 10.3 Å². The van der Waals surface area contributed by atoms with E-state index >= 15 is 0 Å². The molecule has 7 heteroatoms. The lowest BCUT2D eigenvalue weighted by molar-refractivity contribution is 0.0948. The van der Waals surface area contributed by atoms with Gasteiger partial charge in [-0.3, -0.25) is 9.78 Å². The molecule has 27 heavy (non-hydrogen) atoms. The molecule has 0 aliphatic carbocycles. The summed E-state index contributed by atoms with van der Waals surface area (Å²) in [6.45, 7) is 0.307. The van der Waals surface area contributed by atoms with Crippen molar-refractivity contribution in [2.75, 3.05) is 6.54 Å². The molecule has 3 aromatic rings. The summed E-state index contributed by atoms with van der Waals surface area (Å²) >= 11 is 0. The zero-order valence-electron chi connectivity index (χ0n) is 14.3. The maximum atomic E-state index is 12.1. The zero-order chi connectivity index (χ0) is 19.2. The van der Waals surface area contributed by atoms with Gasteiger partial charge in [-0.15, -0.1) is 0 Å². The molecule has 0 unspecified atom stereocenters. The maximum absolute atomic E-state index is 12.1. The lowest BCUT2D eigenvalue weighted by atomic mass is 10.1. The fraction of sp³-hybridized carbons (Fsp3) is 0.100. The van der Waals surface area contributed by atoms with Crippen LogP contribution in [-0.2, 0) is 6.42 Å². The smallest absolute Gasteiger partial charge is 0.258 e. The molecule has 0 saturated heterocycles. The molecule has 0 aliphatic rings. The highest BCUT2D eigenvalue weighted by Crippen LogP contribution is 2.31. The van der Waals surface area contributed by atoms with Gasteiger partial charge in [0, 0.05) is 24.9 Å². The highest BCUT2D eigenvalue weighted by Gasteiger charge is 2.17. The number of nitrogens with zero attached hydrogens (tertiary/aromatic N) is 1. The lowest BCUT2D eigenvalue weighted by Gasteiger charge is -2.10. The van der Waals surface area contributed by atoms with E-state index in [-0.39, 0.29) is 11.3 Å². The van der Waals surface area contributed by atoms with Gasteiger partial charge in [0.1, 0.15) is 34.3 Å². The SMILES string of the molecule is O=C(NCCc1ccc(Oc2cccnc2)cc1)c1c(O)cc(O)cc1O. The van der Waals surface area contributed by atoms with Crippen LogP contribution in [0.4, 0.5) is 0 Å². The van der Waals surface area contributed by atoms with Crippen molar-refractivity contribution >= 4 is 5.91 Å². The van der Waals surface area contributed by atoms with E-state index in [4.69, 9.17) is 4.74 Å².